The number of nitrogens with zero attached hydrogens (tertiary/aromatic N) is 7. The van der Waals surface area contributed by atoms with Crippen LogP contribution in [0.15, 0.2) is 48.7 Å². The molecule has 296 valence electrons. The number of fused-ring (bicyclic) bond motifs is 1. The van der Waals surface area contributed by atoms with E-state index in [0.717, 1.165) is 64.3 Å². The SMILES string of the molecule is Cc1cc(N(C)c2ccc(-c3cnn(CC45CC6(C)CC(CC(C)(C6)C4)C5OC(C)(N)CCCCO)c3C)c(C(=O)O)n2)nnc1Nc1nc2ccccc2s1. The maximum Gasteiger partial charge on any atom is 0.355 e. The molecule has 9 rings (SSSR count). The average Bonchev–Trinajstić information content (AvgIpc) is 3.71. The minimum Gasteiger partial charge on any atom is -0.476 e. The first-order valence-corrected chi connectivity index (χ1v) is 20.5. The van der Waals surface area contributed by atoms with Crippen LogP contribution < -0.4 is 16.0 Å². The number of para-hydroxylation sites is 1. The third-order valence-electron chi connectivity index (χ3n) is 12.5. The summed E-state index contributed by atoms with van der Waals surface area (Å²) in [6.45, 7) is 11.6. The topological polar surface area (TPSA) is 177 Å². The van der Waals surface area contributed by atoms with Crippen molar-refractivity contribution in [2.45, 2.75) is 104 Å². The van der Waals surface area contributed by atoms with Crippen molar-refractivity contribution < 1.29 is 19.7 Å². The molecule has 4 aliphatic rings. The Kier molecular flexibility index (Phi) is 9.70. The molecule has 5 N–H and O–H groups in total. The molecule has 0 aliphatic heterocycles. The van der Waals surface area contributed by atoms with E-state index >= 15 is 0 Å². The van der Waals surface area contributed by atoms with Gasteiger partial charge in [0.1, 0.15) is 11.5 Å². The maximum absolute atomic E-state index is 12.8. The Morgan fingerprint density at radius 3 is 2.50 bits per heavy atom. The van der Waals surface area contributed by atoms with E-state index in [1.807, 2.05) is 63.2 Å². The van der Waals surface area contributed by atoms with Gasteiger partial charge in [0.2, 0.25) is 0 Å². The number of thiazole rings is 1. The van der Waals surface area contributed by atoms with Crippen LogP contribution in [0.25, 0.3) is 21.3 Å². The Morgan fingerprint density at radius 1 is 1.05 bits per heavy atom. The summed E-state index contributed by atoms with van der Waals surface area (Å²) in [4.78, 5) is 23.8. The van der Waals surface area contributed by atoms with Gasteiger partial charge in [-0.1, -0.05) is 37.3 Å². The molecule has 4 aliphatic carbocycles. The molecular weight excluding hydrogens is 727 g/mol. The number of aryl methyl sites for hydroxylation is 1. The van der Waals surface area contributed by atoms with Crippen LogP contribution in [-0.2, 0) is 11.3 Å². The number of aliphatic hydroxyl groups is 1. The maximum atomic E-state index is 12.8. The average molecular weight is 780 g/mol. The van der Waals surface area contributed by atoms with Gasteiger partial charge in [-0.2, -0.15) is 5.10 Å². The second-order valence-electron chi connectivity index (χ2n) is 17.8. The van der Waals surface area contributed by atoms with Crippen LogP contribution in [0, 0.1) is 36.0 Å². The number of hydrogen-bond donors (Lipinski definition) is 4. The predicted molar refractivity (Wildman–Crippen MR) is 219 cm³/mol. The second kappa shape index (κ2) is 14.2. The standard InChI is InChI=1S/C42H53N9O4S/c1-25-17-33(48-49-36(25)47-38-45-30-11-7-8-12-31(30)56-38)50(6)32-14-13-28(34(46-32)37(53)54)29-20-44-51(26(29)2)24-42-22-39(3)18-27(19-40(4,21-39)23-42)35(42)55-41(5,43)15-9-10-16-52/h7-8,11-14,17,20,27,35,52H,9-10,15-16,18-19,21-24,43H2,1-6H3,(H,53,54)(H,45,47,49). The minimum atomic E-state index is -1.13. The lowest BCUT2D eigenvalue weighted by atomic mass is 9.39. The van der Waals surface area contributed by atoms with Crippen LogP contribution in [0.4, 0.5) is 22.6 Å². The molecule has 4 heterocycles. The molecule has 4 aromatic heterocycles. The van der Waals surface area contributed by atoms with Gasteiger partial charge in [0.05, 0.1) is 22.5 Å². The molecule has 1 aromatic carbocycles. The van der Waals surface area contributed by atoms with Crippen LogP contribution in [0.2, 0.25) is 0 Å². The van der Waals surface area contributed by atoms with Gasteiger partial charge in [-0.05, 0) is 125 Å². The molecule has 4 unspecified atom stereocenters. The number of unbranched alkanes of at least 4 members (excludes halogenated alkanes) is 1. The van der Waals surface area contributed by atoms with E-state index in [1.54, 1.807) is 29.5 Å². The summed E-state index contributed by atoms with van der Waals surface area (Å²) in [7, 11) is 1.80. The lowest BCUT2D eigenvalue weighted by Gasteiger charge is -2.68. The smallest absolute Gasteiger partial charge is 0.355 e. The van der Waals surface area contributed by atoms with Crippen LogP contribution in [0.5, 0.6) is 0 Å². The fourth-order valence-electron chi connectivity index (χ4n) is 10.9. The van der Waals surface area contributed by atoms with Crippen molar-refractivity contribution >= 4 is 50.1 Å². The largest absolute Gasteiger partial charge is 0.476 e. The number of hydrogen-bond acceptors (Lipinski definition) is 12. The third kappa shape index (κ3) is 7.16. The van der Waals surface area contributed by atoms with Crippen molar-refractivity contribution in [2.24, 2.45) is 27.9 Å². The predicted octanol–water partition coefficient (Wildman–Crippen LogP) is 8.00. The lowest BCUT2D eigenvalue weighted by molar-refractivity contribution is -0.265. The summed E-state index contributed by atoms with van der Waals surface area (Å²) in [5.41, 5.74) is 10.1. The molecule has 4 atom stereocenters. The number of aromatic nitrogens is 6. The Labute approximate surface area is 331 Å². The first kappa shape index (κ1) is 38.4. The van der Waals surface area contributed by atoms with Gasteiger partial charge in [-0.3, -0.25) is 4.68 Å². The van der Waals surface area contributed by atoms with Crippen LogP contribution >= 0.6 is 11.3 Å². The lowest BCUT2D eigenvalue weighted by Crippen LogP contribution is -2.66. The third-order valence-corrected chi connectivity index (χ3v) is 13.5. The molecule has 5 aromatic rings. The summed E-state index contributed by atoms with van der Waals surface area (Å²) in [6, 6.07) is 13.5. The van der Waals surface area contributed by atoms with Gasteiger partial charge >= 0.3 is 5.97 Å². The van der Waals surface area contributed by atoms with E-state index in [2.05, 4.69) is 44.0 Å². The minimum absolute atomic E-state index is 0.0183. The molecular formula is C42H53N9O4S. The van der Waals surface area contributed by atoms with Gasteiger partial charge in [-0.15, -0.1) is 10.2 Å². The van der Waals surface area contributed by atoms with Crippen molar-refractivity contribution in [2.75, 3.05) is 23.9 Å². The number of carboxylic acids is 1. The molecule has 4 saturated carbocycles. The van der Waals surface area contributed by atoms with Crippen LogP contribution in [0.1, 0.15) is 93.9 Å². The van der Waals surface area contributed by atoms with Gasteiger partial charge in [0.25, 0.3) is 0 Å². The Bertz CT molecular complexity index is 2240. The molecule has 0 radical (unpaired) electrons. The number of aliphatic hydroxyl groups excluding tert-OH is 1. The first-order chi connectivity index (χ1) is 26.6. The van der Waals surface area contributed by atoms with Crippen molar-refractivity contribution in [1.82, 2.24) is 29.9 Å². The monoisotopic (exact) mass is 779 g/mol. The number of nitrogens with one attached hydrogen (secondary N) is 1. The fourth-order valence-corrected chi connectivity index (χ4v) is 11.8. The van der Waals surface area contributed by atoms with Crippen LogP contribution in [0.3, 0.4) is 0 Å². The Morgan fingerprint density at radius 2 is 1.80 bits per heavy atom. The summed E-state index contributed by atoms with van der Waals surface area (Å²) in [5.74, 6) is 0.821. The van der Waals surface area contributed by atoms with Gasteiger partial charge in [0.15, 0.2) is 22.5 Å². The van der Waals surface area contributed by atoms with E-state index in [4.69, 9.17) is 15.6 Å². The first-order valence-electron chi connectivity index (χ1n) is 19.6. The molecule has 0 saturated heterocycles. The zero-order valence-electron chi connectivity index (χ0n) is 33.2. The number of carboxylic acid groups (broad SMARTS) is 1. The summed E-state index contributed by atoms with van der Waals surface area (Å²) < 4.78 is 10.1. The van der Waals surface area contributed by atoms with E-state index < -0.39 is 11.7 Å². The van der Waals surface area contributed by atoms with Crippen molar-refractivity contribution in [1.29, 1.82) is 0 Å². The normalized spacial score (nSPS) is 26.4. The molecule has 4 bridgehead atoms. The summed E-state index contributed by atoms with van der Waals surface area (Å²) in [6.07, 6.45) is 9.50. The second-order valence-corrected chi connectivity index (χ2v) is 18.8. The molecule has 14 heteroatoms. The number of ether oxygens (including phenoxy) is 1. The van der Waals surface area contributed by atoms with Crippen molar-refractivity contribution in [3.05, 3.63) is 65.6 Å². The highest BCUT2D eigenvalue weighted by molar-refractivity contribution is 7.22. The molecule has 56 heavy (non-hydrogen) atoms. The Balaban J connectivity index is 1.05. The Hall–Kier alpha value is -4.50. The number of anilines is 4. The van der Waals surface area contributed by atoms with E-state index in [1.165, 1.54) is 6.42 Å². The van der Waals surface area contributed by atoms with Gasteiger partial charge in [-0.25, -0.2) is 14.8 Å². The van der Waals surface area contributed by atoms with E-state index in [0.29, 0.717) is 48.3 Å². The highest BCUT2D eigenvalue weighted by Crippen LogP contribution is 2.71. The number of pyridine rings is 1. The number of benzene rings is 1. The van der Waals surface area contributed by atoms with E-state index in [-0.39, 0.29) is 34.6 Å². The summed E-state index contributed by atoms with van der Waals surface area (Å²) >= 11 is 1.54. The quantitative estimate of drug-likeness (QED) is 0.0632. The number of nitrogens with two attached hydrogens (primary N) is 1. The summed E-state index contributed by atoms with van der Waals surface area (Å²) in [5, 5.41) is 37.7. The molecule has 0 amide bonds. The fraction of sp³-hybridized carbons (Fsp3) is 0.524. The number of carbonyl (C=O) groups is 1. The van der Waals surface area contributed by atoms with E-state index in [9.17, 15) is 15.0 Å². The molecule has 4 fully saturated rings. The molecule has 0 spiro atoms. The number of aromatic carboxylic acids is 1. The number of rotatable bonds is 14. The van der Waals surface area contributed by atoms with Crippen molar-refractivity contribution in [3.8, 4) is 11.1 Å². The van der Waals surface area contributed by atoms with Crippen molar-refractivity contribution in [3.63, 3.8) is 0 Å². The van der Waals surface area contributed by atoms with Gasteiger partial charge < -0.3 is 30.9 Å². The zero-order valence-corrected chi connectivity index (χ0v) is 34.0. The zero-order chi connectivity index (χ0) is 39.6. The highest BCUT2D eigenvalue weighted by Gasteiger charge is 2.66. The van der Waals surface area contributed by atoms with Crippen LogP contribution in [-0.4, -0.2) is 71.6 Å². The molecule has 13 nitrogen and oxygen atoms in total. The highest BCUT2D eigenvalue weighted by atomic mass is 32.1. The van der Waals surface area contributed by atoms with Gasteiger partial charge in [0, 0.05) is 42.4 Å².